The molecule has 0 aromatic heterocycles. The van der Waals surface area contributed by atoms with Gasteiger partial charge in [-0.15, -0.1) is 0 Å². The molecule has 3 nitrogen and oxygen atoms in total. The summed E-state index contributed by atoms with van der Waals surface area (Å²) in [4.78, 5) is 0. The zero-order chi connectivity index (χ0) is 13.8. The molecule has 1 unspecified atom stereocenters. The zero-order valence-electron chi connectivity index (χ0n) is 11.4. The van der Waals surface area contributed by atoms with Crippen LogP contribution in [0, 0.1) is 0 Å². The van der Waals surface area contributed by atoms with Gasteiger partial charge in [0.05, 0.1) is 13.2 Å². The van der Waals surface area contributed by atoms with E-state index in [1.54, 1.807) is 0 Å². The highest BCUT2D eigenvalue weighted by Gasteiger charge is 2.21. The minimum atomic E-state index is 0.397. The largest absolute Gasteiger partial charge is 0.493 e. The number of hydrogen-bond acceptors (Lipinski definition) is 3. The van der Waals surface area contributed by atoms with Crippen molar-refractivity contribution < 1.29 is 9.47 Å². The van der Waals surface area contributed by atoms with Crippen LogP contribution < -0.4 is 15.2 Å². The van der Waals surface area contributed by atoms with E-state index in [4.69, 9.17) is 15.2 Å². The molecule has 1 aliphatic heterocycles. The molecule has 2 N–H and O–H groups in total. The number of fused-ring (bicyclic) bond motifs is 1. The van der Waals surface area contributed by atoms with Gasteiger partial charge in [-0.25, -0.2) is 0 Å². The van der Waals surface area contributed by atoms with Crippen molar-refractivity contribution in [2.24, 2.45) is 5.73 Å². The molecule has 2 aromatic carbocycles. The van der Waals surface area contributed by atoms with E-state index in [1.807, 2.05) is 36.4 Å². The zero-order valence-corrected chi connectivity index (χ0v) is 11.4. The minimum absolute atomic E-state index is 0.397. The fourth-order valence-corrected chi connectivity index (χ4v) is 2.51. The molecule has 0 aliphatic carbocycles. The Labute approximate surface area is 119 Å². The van der Waals surface area contributed by atoms with Gasteiger partial charge in [0.15, 0.2) is 0 Å². The van der Waals surface area contributed by atoms with Crippen LogP contribution >= 0.6 is 0 Å². The summed E-state index contributed by atoms with van der Waals surface area (Å²) in [6.07, 6.45) is 0.998. The van der Waals surface area contributed by atoms with E-state index in [0.717, 1.165) is 30.1 Å². The molecule has 3 heteroatoms. The van der Waals surface area contributed by atoms with Crippen LogP contribution in [0.25, 0.3) is 0 Å². The van der Waals surface area contributed by atoms with Crippen molar-refractivity contribution >= 4 is 0 Å². The molecule has 0 spiro atoms. The van der Waals surface area contributed by atoms with Crippen molar-refractivity contribution in [3.05, 3.63) is 59.7 Å². The van der Waals surface area contributed by atoms with Gasteiger partial charge in [-0.05, 0) is 30.2 Å². The first-order valence-corrected chi connectivity index (χ1v) is 7.00. The number of para-hydroxylation sites is 1. The van der Waals surface area contributed by atoms with Crippen LogP contribution in [0.3, 0.4) is 0 Å². The first kappa shape index (κ1) is 13.0. The van der Waals surface area contributed by atoms with E-state index in [1.165, 1.54) is 5.56 Å². The lowest BCUT2D eigenvalue weighted by molar-refractivity contribution is 0.217. The summed E-state index contributed by atoms with van der Waals surface area (Å²) in [5, 5.41) is 0. The molecule has 0 saturated carbocycles. The molecule has 104 valence electrons. The van der Waals surface area contributed by atoms with Crippen LogP contribution in [-0.4, -0.2) is 13.2 Å². The van der Waals surface area contributed by atoms with Crippen molar-refractivity contribution in [3.63, 3.8) is 0 Å². The summed E-state index contributed by atoms with van der Waals surface area (Å²) in [5.41, 5.74) is 7.96. The number of ether oxygens (including phenoxy) is 2. The molecule has 0 saturated heterocycles. The minimum Gasteiger partial charge on any atom is -0.493 e. The molecular weight excluding hydrogens is 250 g/mol. The molecule has 20 heavy (non-hydrogen) atoms. The highest BCUT2D eigenvalue weighted by Crippen LogP contribution is 2.33. The van der Waals surface area contributed by atoms with E-state index in [9.17, 15) is 0 Å². The summed E-state index contributed by atoms with van der Waals surface area (Å²) in [6, 6.07) is 16.2. The van der Waals surface area contributed by atoms with Crippen LogP contribution in [0.1, 0.15) is 23.5 Å². The lowest BCUT2D eigenvalue weighted by atomic mass is 9.94. The highest BCUT2D eigenvalue weighted by molar-refractivity contribution is 5.38. The van der Waals surface area contributed by atoms with Gasteiger partial charge in [0, 0.05) is 18.0 Å². The van der Waals surface area contributed by atoms with Gasteiger partial charge < -0.3 is 15.2 Å². The second-order valence-corrected chi connectivity index (χ2v) is 5.03. The normalized spacial score (nSPS) is 17.1. The maximum absolute atomic E-state index is 5.91. The van der Waals surface area contributed by atoms with Gasteiger partial charge in [0.2, 0.25) is 0 Å². The molecule has 1 atom stereocenters. The molecule has 2 aromatic rings. The first-order chi connectivity index (χ1) is 9.86. The van der Waals surface area contributed by atoms with Gasteiger partial charge in [-0.3, -0.25) is 0 Å². The molecule has 1 aliphatic rings. The number of benzene rings is 2. The summed E-state index contributed by atoms with van der Waals surface area (Å²) in [5.74, 6) is 2.28. The Morgan fingerprint density at radius 1 is 1.10 bits per heavy atom. The second kappa shape index (κ2) is 5.97. The van der Waals surface area contributed by atoms with Gasteiger partial charge in [-0.2, -0.15) is 0 Å². The van der Waals surface area contributed by atoms with E-state index in [-0.39, 0.29) is 0 Å². The quantitative estimate of drug-likeness (QED) is 0.927. The Bertz CT molecular complexity index is 565. The van der Waals surface area contributed by atoms with Crippen LogP contribution in [0.5, 0.6) is 11.5 Å². The van der Waals surface area contributed by atoms with Crippen LogP contribution in [0.2, 0.25) is 0 Å². The van der Waals surface area contributed by atoms with Gasteiger partial charge in [-0.1, -0.05) is 30.3 Å². The van der Waals surface area contributed by atoms with Crippen molar-refractivity contribution in [3.8, 4) is 11.5 Å². The van der Waals surface area contributed by atoms with E-state index >= 15 is 0 Å². The van der Waals surface area contributed by atoms with Crippen LogP contribution in [0.4, 0.5) is 0 Å². The van der Waals surface area contributed by atoms with Crippen molar-refractivity contribution in [1.82, 2.24) is 0 Å². The number of rotatable bonds is 4. The summed E-state index contributed by atoms with van der Waals surface area (Å²) in [6.45, 7) is 2.01. The first-order valence-electron chi connectivity index (χ1n) is 7.00. The Morgan fingerprint density at radius 2 is 1.90 bits per heavy atom. The fraction of sp³-hybridized carbons (Fsp3) is 0.294. The Morgan fingerprint density at radius 3 is 2.70 bits per heavy atom. The van der Waals surface area contributed by atoms with Gasteiger partial charge in [0.1, 0.15) is 11.5 Å². The smallest absolute Gasteiger partial charge is 0.122 e. The highest BCUT2D eigenvalue weighted by atomic mass is 16.5. The average molecular weight is 269 g/mol. The molecule has 0 amide bonds. The van der Waals surface area contributed by atoms with Crippen molar-refractivity contribution in [2.45, 2.75) is 18.9 Å². The summed E-state index contributed by atoms with van der Waals surface area (Å²) >= 11 is 0. The lowest BCUT2D eigenvalue weighted by Gasteiger charge is -2.25. The predicted octanol–water partition coefficient (Wildman–Crippen LogP) is 3.09. The van der Waals surface area contributed by atoms with E-state index in [2.05, 4.69) is 12.1 Å². The third-order valence-corrected chi connectivity index (χ3v) is 3.69. The van der Waals surface area contributed by atoms with Crippen molar-refractivity contribution in [2.75, 3.05) is 13.2 Å². The summed E-state index contributed by atoms with van der Waals surface area (Å²) in [7, 11) is 0. The van der Waals surface area contributed by atoms with Crippen LogP contribution in [-0.2, 0) is 6.54 Å². The number of nitrogens with two attached hydrogens (primary N) is 1. The predicted molar refractivity (Wildman–Crippen MR) is 79.1 cm³/mol. The fourth-order valence-electron chi connectivity index (χ4n) is 2.51. The van der Waals surface area contributed by atoms with Crippen LogP contribution in [0.15, 0.2) is 48.5 Å². The maximum atomic E-state index is 5.91. The Kier molecular flexibility index (Phi) is 3.88. The van der Waals surface area contributed by atoms with Gasteiger partial charge >= 0.3 is 0 Å². The number of hydrogen-bond donors (Lipinski definition) is 1. The lowest BCUT2D eigenvalue weighted by Crippen LogP contribution is -2.19. The SMILES string of the molecule is NCc1ccc(OCC2CCOc3ccccc32)cc1. The topological polar surface area (TPSA) is 44.5 Å². The molecule has 3 rings (SSSR count). The molecule has 0 bridgehead atoms. The molecular formula is C17H19NO2. The average Bonchev–Trinajstić information content (AvgIpc) is 2.53. The third-order valence-electron chi connectivity index (χ3n) is 3.69. The van der Waals surface area contributed by atoms with E-state index in [0.29, 0.717) is 19.1 Å². The third kappa shape index (κ3) is 2.78. The monoisotopic (exact) mass is 269 g/mol. The second-order valence-electron chi connectivity index (χ2n) is 5.03. The molecule has 0 fully saturated rings. The maximum Gasteiger partial charge on any atom is 0.122 e. The Hall–Kier alpha value is -2.00. The molecule has 1 heterocycles. The van der Waals surface area contributed by atoms with Gasteiger partial charge in [0.25, 0.3) is 0 Å². The summed E-state index contributed by atoms with van der Waals surface area (Å²) < 4.78 is 11.6. The standard InChI is InChI=1S/C17H19NO2/c18-11-13-5-7-15(8-6-13)20-12-14-9-10-19-17-4-2-1-3-16(14)17/h1-8,14H,9-12,18H2. The Balaban J connectivity index is 1.66. The van der Waals surface area contributed by atoms with E-state index < -0.39 is 0 Å². The molecule has 0 radical (unpaired) electrons. The van der Waals surface area contributed by atoms with Crippen molar-refractivity contribution in [1.29, 1.82) is 0 Å².